The lowest BCUT2D eigenvalue weighted by Gasteiger charge is -2.28. The molecule has 0 aromatic carbocycles. The van der Waals surface area contributed by atoms with Crippen molar-refractivity contribution < 1.29 is 13.9 Å². The third-order valence-electron chi connectivity index (χ3n) is 3.83. The third kappa shape index (κ3) is 1.75. The Labute approximate surface area is 89.4 Å². The van der Waals surface area contributed by atoms with Crippen molar-refractivity contribution in [2.45, 2.75) is 31.4 Å². The van der Waals surface area contributed by atoms with E-state index in [0.717, 1.165) is 12.8 Å². The molecule has 3 nitrogen and oxygen atoms in total. The smallest absolute Gasteiger partial charge is 0.345 e. The minimum atomic E-state index is -1.79. The molecule has 0 amide bonds. The molecule has 1 N–H and O–H groups in total. The number of halogens is 1. The predicted octanol–water partition coefficient (Wildman–Crippen LogP) is 1.28. The zero-order valence-corrected chi connectivity index (χ0v) is 9.09. The Morgan fingerprint density at radius 2 is 2.13 bits per heavy atom. The number of hydrogen-bond acceptors (Lipinski definition) is 3. The van der Waals surface area contributed by atoms with Crippen molar-refractivity contribution in [1.29, 1.82) is 0 Å². The molecule has 15 heavy (non-hydrogen) atoms. The van der Waals surface area contributed by atoms with Crippen LogP contribution in [-0.4, -0.2) is 31.8 Å². The number of carbonyl (C=O) groups excluding carboxylic acids is 1. The van der Waals surface area contributed by atoms with Gasteiger partial charge in [-0.2, -0.15) is 0 Å². The molecule has 2 atom stereocenters. The maximum atomic E-state index is 14.5. The lowest BCUT2D eigenvalue weighted by Crippen LogP contribution is -2.45. The van der Waals surface area contributed by atoms with E-state index in [1.807, 2.05) is 0 Å². The van der Waals surface area contributed by atoms with Crippen molar-refractivity contribution in [3.8, 4) is 0 Å². The first-order valence-electron chi connectivity index (χ1n) is 5.66. The van der Waals surface area contributed by atoms with Crippen LogP contribution < -0.4 is 5.32 Å². The van der Waals surface area contributed by atoms with Gasteiger partial charge < -0.3 is 10.1 Å². The van der Waals surface area contributed by atoms with Crippen LogP contribution in [0.2, 0.25) is 0 Å². The lowest BCUT2D eigenvalue weighted by atomic mass is 9.81. The highest BCUT2D eigenvalue weighted by Crippen LogP contribution is 2.41. The number of alkyl halides is 1. The van der Waals surface area contributed by atoms with Crippen LogP contribution in [0.4, 0.5) is 4.39 Å². The highest BCUT2D eigenvalue weighted by Gasteiger charge is 2.53. The lowest BCUT2D eigenvalue weighted by molar-refractivity contribution is -0.157. The second-order valence-electron chi connectivity index (χ2n) is 4.64. The minimum absolute atomic E-state index is 0.112. The fraction of sp³-hybridized carbons (Fsp3) is 0.909. The molecular formula is C11H18FNO2. The summed E-state index contributed by atoms with van der Waals surface area (Å²) in [5.74, 6) is -0.541. The molecule has 0 radical (unpaired) electrons. The van der Waals surface area contributed by atoms with Gasteiger partial charge in [-0.1, -0.05) is 25.7 Å². The summed E-state index contributed by atoms with van der Waals surface area (Å²) in [5.41, 5.74) is -1.79. The van der Waals surface area contributed by atoms with Crippen LogP contribution in [0.3, 0.4) is 0 Å². The summed E-state index contributed by atoms with van der Waals surface area (Å²) in [4.78, 5) is 11.5. The normalized spacial score (nSPS) is 37.1. The van der Waals surface area contributed by atoms with Gasteiger partial charge in [-0.3, -0.25) is 0 Å². The van der Waals surface area contributed by atoms with Crippen LogP contribution in [0, 0.1) is 11.8 Å². The maximum absolute atomic E-state index is 14.5. The van der Waals surface area contributed by atoms with E-state index in [2.05, 4.69) is 10.1 Å². The first kappa shape index (κ1) is 10.9. The molecule has 2 unspecified atom stereocenters. The molecule has 0 bridgehead atoms. The highest BCUT2D eigenvalue weighted by atomic mass is 19.1. The van der Waals surface area contributed by atoms with Crippen molar-refractivity contribution >= 4 is 5.97 Å². The van der Waals surface area contributed by atoms with Crippen LogP contribution >= 0.6 is 0 Å². The third-order valence-corrected chi connectivity index (χ3v) is 3.83. The molecule has 1 saturated carbocycles. The highest BCUT2D eigenvalue weighted by molar-refractivity contribution is 5.80. The van der Waals surface area contributed by atoms with Gasteiger partial charge in [0.25, 0.3) is 0 Å². The van der Waals surface area contributed by atoms with E-state index in [1.165, 1.54) is 20.0 Å². The summed E-state index contributed by atoms with van der Waals surface area (Å²) in [7, 11) is 1.26. The van der Waals surface area contributed by atoms with E-state index in [9.17, 15) is 9.18 Å². The second-order valence-corrected chi connectivity index (χ2v) is 4.64. The van der Waals surface area contributed by atoms with Gasteiger partial charge in [0.1, 0.15) is 0 Å². The molecule has 1 aliphatic carbocycles. The number of nitrogens with one attached hydrogen (secondary N) is 1. The van der Waals surface area contributed by atoms with Crippen LogP contribution in [-0.2, 0) is 9.53 Å². The Morgan fingerprint density at radius 1 is 1.47 bits per heavy atom. The molecule has 0 aromatic rings. The Kier molecular flexibility index (Phi) is 2.96. The quantitative estimate of drug-likeness (QED) is 0.705. The van der Waals surface area contributed by atoms with Gasteiger partial charge in [0.15, 0.2) is 0 Å². The van der Waals surface area contributed by atoms with Crippen LogP contribution in [0.15, 0.2) is 0 Å². The first-order chi connectivity index (χ1) is 7.18. The van der Waals surface area contributed by atoms with E-state index in [4.69, 9.17) is 0 Å². The SMILES string of the molecule is COC(=O)C1(F)CNCC1C1CCCC1. The largest absolute Gasteiger partial charge is 0.467 e. The fourth-order valence-corrected chi connectivity index (χ4v) is 3.00. The predicted molar refractivity (Wildman–Crippen MR) is 54.2 cm³/mol. The summed E-state index contributed by atoms with van der Waals surface area (Å²) in [5, 5.41) is 2.98. The molecule has 4 heteroatoms. The standard InChI is InChI=1S/C11H18FNO2/c1-15-10(14)11(12)7-13-6-9(11)8-4-2-3-5-8/h8-9,13H,2-7H2,1H3. The topological polar surface area (TPSA) is 38.3 Å². The molecule has 1 saturated heterocycles. The summed E-state index contributed by atoms with van der Waals surface area (Å²) < 4.78 is 19.1. The van der Waals surface area contributed by atoms with Crippen molar-refractivity contribution in [2.24, 2.45) is 11.8 Å². The van der Waals surface area contributed by atoms with Crippen LogP contribution in [0.1, 0.15) is 25.7 Å². The molecule has 1 aliphatic heterocycles. The van der Waals surface area contributed by atoms with Crippen molar-refractivity contribution in [3.05, 3.63) is 0 Å². The molecule has 0 aromatic heterocycles. The van der Waals surface area contributed by atoms with Gasteiger partial charge >= 0.3 is 5.97 Å². The number of carbonyl (C=O) groups is 1. The average molecular weight is 215 g/mol. The Bertz CT molecular complexity index is 253. The van der Waals surface area contributed by atoms with Gasteiger partial charge in [-0.05, 0) is 5.92 Å². The Morgan fingerprint density at radius 3 is 2.73 bits per heavy atom. The van der Waals surface area contributed by atoms with Gasteiger partial charge in [0, 0.05) is 19.0 Å². The van der Waals surface area contributed by atoms with E-state index in [0.29, 0.717) is 12.5 Å². The first-order valence-corrected chi connectivity index (χ1v) is 5.66. The fourth-order valence-electron chi connectivity index (χ4n) is 3.00. The van der Waals surface area contributed by atoms with E-state index in [-0.39, 0.29) is 12.5 Å². The summed E-state index contributed by atoms with van der Waals surface area (Å²) in [6, 6.07) is 0. The van der Waals surface area contributed by atoms with Crippen molar-refractivity contribution in [2.75, 3.05) is 20.2 Å². The van der Waals surface area contributed by atoms with Crippen molar-refractivity contribution in [1.82, 2.24) is 5.32 Å². The molecule has 2 aliphatic rings. The number of ether oxygens (including phenoxy) is 1. The Balaban J connectivity index is 2.12. The second kappa shape index (κ2) is 4.08. The minimum Gasteiger partial charge on any atom is -0.467 e. The summed E-state index contributed by atoms with van der Waals surface area (Å²) >= 11 is 0. The summed E-state index contributed by atoms with van der Waals surface area (Å²) in [6.07, 6.45) is 4.43. The number of hydrogen-bond donors (Lipinski definition) is 1. The molecule has 1 heterocycles. The van der Waals surface area contributed by atoms with E-state index in [1.54, 1.807) is 0 Å². The van der Waals surface area contributed by atoms with Gasteiger partial charge in [-0.25, -0.2) is 9.18 Å². The number of methoxy groups -OCH3 is 1. The molecule has 86 valence electrons. The average Bonchev–Trinajstić information content (AvgIpc) is 2.85. The molecular weight excluding hydrogens is 197 g/mol. The maximum Gasteiger partial charge on any atom is 0.345 e. The monoisotopic (exact) mass is 215 g/mol. The van der Waals surface area contributed by atoms with Crippen LogP contribution in [0.5, 0.6) is 0 Å². The van der Waals surface area contributed by atoms with E-state index >= 15 is 0 Å². The summed E-state index contributed by atoms with van der Waals surface area (Å²) in [6.45, 7) is 0.719. The molecule has 2 fully saturated rings. The Hall–Kier alpha value is -0.640. The number of rotatable bonds is 2. The van der Waals surface area contributed by atoms with Crippen LogP contribution in [0.25, 0.3) is 0 Å². The van der Waals surface area contributed by atoms with Gasteiger partial charge in [-0.15, -0.1) is 0 Å². The zero-order valence-electron chi connectivity index (χ0n) is 9.09. The van der Waals surface area contributed by atoms with Crippen molar-refractivity contribution in [3.63, 3.8) is 0 Å². The van der Waals surface area contributed by atoms with E-state index < -0.39 is 11.6 Å². The number of esters is 1. The molecule has 0 spiro atoms. The van der Waals surface area contributed by atoms with Gasteiger partial charge in [0.05, 0.1) is 7.11 Å². The molecule has 2 rings (SSSR count). The zero-order chi connectivity index (χ0) is 10.9. The van der Waals surface area contributed by atoms with Gasteiger partial charge in [0.2, 0.25) is 5.67 Å².